The van der Waals surface area contributed by atoms with E-state index in [4.69, 9.17) is 16.1 Å². The van der Waals surface area contributed by atoms with Gasteiger partial charge in [0.2, 0.25) is 0 Å². The number of hydrogen-bond donors (Lipinski definition) is 3. The Morgan fingerprint density at radius 3 is 2.85 bits per heavy atom. The zero-order valence-electron chi connectivity index (χ0n) is 14.0. The molecule has 26 heavy (non-hydrogen) atoms. The fourth-order valence-electron chi connectivity index (χ4n) is 4.40. The Morgan fingerprint density at radius 1 is 1.38 bits per heavy atom. The average molecular weight is 373 g/mol. The maximum atomic E-state index is 12.2. The molecule has 0 spiro atoms. The summed E-state index contributed by atoms with van der Waals surface area (Å²) in [4.78, 5) is 12.2. The first-order chi connectivity index (χ1) is 12.4. The molecule has 2 aromatic heterocycles. The van der Waals surface area contributed by atoms with Crippen molar-refractivity contribution in [3.05, 3.63) is 46.4 Å². The van der Waals surface area contributed by atoms with Crippen molar-refractivity contribution in [2.24, 2.45) is 11.8 Å². The van der Waals surface area contributed by atoms with Gasteiger partial charge in [0.25, 0.3) is 5.91 Å². The van der Waals surface area contributed by atoms with E-state index in [9.17, 15) is 9.90 Å². The number of aromatic amines is 1. The lowest BCUT2D eigenvalue weighted by Crippen LogP contribution is -2.33. The van der Waals surface area contributed by atoms with Crippen LogP contribution in [-0.4, -0.2) is 32.4 Å². The highest BCUT2D eigenvalue weighted by atomic mass is 35.5. The number of fused-ring (bicyclic) bond motifs is 2. The van der Waals surface area contributed by atoms with Crippen molar-refractivity contribution >= 4 is 28.4 Å². The van der Waals surface area contributed by atoms with E-state index in [1.807, 2.05) is 6.07 Å². The molecule has 2 aliphatic carbocycles. The van der Waals surface area contributed by atoms with Gasteiger partial charge in [-0.05, 0) is 49.3 Å². The Balaban J connectivity index is 1.33. The van der Waals surface area contributed by atoms with Crippen LogP contribution in [0.4, 0.5) is 0 Å². The van der Waals surface area contributed by atoms with Crippen LogP contribution in [0, 0.1) is 18.8 Å². The fraction of sp³-hybridized carbons (Fsp3) is 0.389. The standard InChI is InChI=1S/C18H17ClN4O3/c1-8-2-15(23-26-8)17(24)21-16-10-5-18(25,6-11(10)16)13-3-9(19)4-14-12(13)7-20-22-14/h2-4,7,10-11,16,25H,5-6H2,1H3,(H,20,22)(H,21,24)/t10-,11+,16+,18-. The van der Waals surface area contributed by atoms with Gasteiger partial charge in [-0.2, -0.15) is 5.10 Å². The minimum atomic E-state index is -0.950. The number of carbonyl (C=O) groups is 1. The average Bonchev–Trinajstić information content (AvgIpc) is 3.06. The summed E-state index contributed by atoms with van der Waals surface area (Å²) in [7, 11) is 0. The van der Waals surface area contributed by atoms with E-state index >= 15 is 0 Å². The molecule has 8 heteroatoms. The van der Waals surface area contributed by atoms with Gasteiger partial charge < -0.3 is 14.9 Å². The van der Waals surface area contributed by atoms with Crippen molar-refractivity contribution < 1.29 is 14.4 Å². The summed E-state index contributed by atoms with van der Waals surface area (Å²) in [5.74, 6) is 0.867. The maximum Gasteiger partial charge on any atom is 0.273 e. The Hall–Kier alpha value is -2.38. The molecule has 0 unspecified atom stereocenters. The second-order valence-electron chi connectivity index (χ2n) is 7.37. The molecular weight excluding hydrogens is 356 g/mol. The number of halogens is 1. The van der Waals surface area contributed by atoms with Crippen LogP contribution in [0.1, 0.15) is 34.7 Å². The summed E-state index contributed by atoms with van der Waals surface area (Å²) >= 11 is 6.20. The molecule has 5 rings (SSSR count). The number of amides is 1. The molecule has 2 aliphatic rings. The number of nitrogens with one attached hydrogen (secondary N) is 2. The van der Waals surface area contributed by atoms with E-state index in [0.717, 1.165) is 16.5 Å². The molecule has 0 radical (unpaired) electrons. The van der Waals surface area contributed by atoms with Crippen molar-refractivity contribution in [1.82, 2.24) is 20.7 Å². The molecule has 2 fully saturated rings. The van der Waals surface area contributed by atoms with Crippen molar-refractivity contribution in [2.75, 3.05) is 0 Å². The lowest BCUT2D eigenvalue weighted by atomic mass is 9.86. The van der Waals surface area contributed by atoms with Gasteiger partial charge in [-0.1, -0.05) is 16.8 Å². The molecule has 0 bridgehead atoms. The smallest absolute Gasteiger partial charge is 0.273 e. The SMILES string of the molecule is Cc1cc(C(=O)N[C@H]2[C@@H]3C[C@](O)(c4cc(Cl)cc5[nH]ncc45)C[C@@H]32)no1. The summed E-state index contributed by atoms with van der Waals surface area (Å²) < 4.78 is 4.94. The first-order valence-electron chi connectivity index (χ1n) is 8.54. The monoisotopic (exact) mass is 372 g/mol. The van der Waals surface area contributed by atoms with Gasteiger partial charge in [0.1, 0.15) is 5.76 Å². The number of H-pyrrole nitrogens is 1. The molecule has 1 amide bonds. The molecule has 0 aliphatic heterocycles. The maximum absolute atomic E-state index is 12.2. The van der Waals surface area contributed by atoms with Crippen LogP contribution in [0.15, 0.2) is 28.9 Å². The van der Waals surface area contributed by atoms with Crippen molar-refractivity contribution in [3.8, 4) is 0 Å². The second kappa shape index (κ2) is 5.31. The molecule has 3 aromatic rings. The summed E-state index contributed by atoms with van der Waals surface area (Å²) in [5, 5.41) is 26.4. The van der Waals surface area contributed by atoms with Gasteiger partial charge in [0, 0.05) is 22.5 Å². The van der Waals surface area contributed by atoms with Gasteiger partial charge >= 0.3 is 0 Å². The van der Waals surface area contributed by atoms with Crippen LogP contribution in [-0.2, 0) is 5.60 Å². The number of aliphatic hydroxyl groups is 1. The summed E-state index contributed by atoms with van der Waals surface area (Å²) in [6.45, 7) is 1.75. The van der Waals surface area contributed by atoms with E-state index in [0.29, 0.717) is 23.6 Å². The zero-order valence-corrected chi connectivity index (χ0v) is 14.7. The molecule has 2 heterocycles. The largest absolute Gasteiger partial charge is 0.385 e. The Kier molecular flexibility index (Phi) is 3.24. The molecule has 1 aromatic carbocycles. The molecule has 4 atom stereocenters. The highest BCUT2D eigenvalue weighted by Crippen LogP contribution is 2.60. The number of aryl methyl sites for hydroxylation is 1. The molecule has 3 N–H and O–H groups in total. The third-order valence-electron chi connectivity index (χ3n) is 5.66. The fourth-order valence-corrected chi connectivity index (χ4v) is 4.62. The first-order valence-corrected chi connectivity index (χ1v) is 8.92. The minimum Gasteiger partial charge on any atom is -0.385 e. The van der Waals surface area contributed by atoms with Gasteiger partial charge in [-0.3, -0.25) is 9.89 Å². The lowest BCUT2D eigenvalue weighted by Gasteiger charge is -2.27. The topological polar surface area (TPSA) is 104 Å². The highest BCUT2D eigenvalue weighted by molar-refractivity contribution is 6.31. The summed E-state index contributed by atoms with van der Waals surface area (Å²) in [6, 6.07) is 5.30. The van der Waals surface area contributed by atoms with Crippen LogP contribution in [0.25, 0.3) is 10.9 Å². The van der Waals surface area contributed by atoms with Gasteiger partial charge in [0.05, 0.1) is 17.3 Å². The third-order valence-corrected chi connectivity index (χ3v) is 5.88. The number of hydrogen-bond acceptors (Lipinski definition) is 5. The predicted molar refractivity (Wildman–Crippen MR) is 93.7 cm³/mol. The van der Waals surface area contributed by atoms with Crippen molar-refractivity contribution in [2.45, 2.75) is 31.4 Å². The number of carbonyl (C=O) groups excluding carboxylic acids is 1. The Labute approximate surface area is 153 Å². The van der Waals surface area contributed by atoms with Gasteiger partial charge in [-0.15, -0.1) is 0 Å². The normalized spacial score (nSPS) is 29.7. The third kappa shape index (κ3) is 2.34. The molecule has 134 valence electrons. The quantitative estimate of drug-likeness (QED) is 0.655. The number of benzene rings is 1. The van der Waals surface area contributed by atoms with Crippen molar-refractivity contribution in [3.63, 3.8) is 0 Å². The number of aromatic nitrogens is 3. The zero-order chi connectivity index (χ0) is 18.1. The van der Waals surface area contributed by atoms with Gasteiger partial charge in [-0.25, -0.2) is 0 Å². The molecule has 0 saturated heterocycles. The molecular formula is C18H17ClN4O3. The lowest BCUT2D eigenvalue weighted by molar-refractivity contribution is 0.0292. The minimum absolute atomic E-state index is 0.0683. The summed E-state index contributed by atoms with van der Waals surface area (Å²) in [5.41, 5.74) is 0.956. The number of nitrogens with zero attached hydrogens (tertiary/aromatic N) is 2. The second-order valence-corrected chi connectivity index (χ2v) is 7.81. The summed E-state index contributed by atoms with van der Waals surface area (Å²) in [6.07, 6.45) is 2.89. The van der Waals surface area contributed by atoms with Crippen LogP contribution in [0.5, 0.6) is 0 Å². The van der Waals surface area contributed by atoms with Crippen molar-refractivity contribution in [1.29, 1.82) is 0 Å². The first kappa shape index (κ1) is 15.8. The van der Waals surface area contributed by atoms with Crippen LogP contribution < -0.4 is 5.32 Å². The van der Waals surface area contributed by atoms with Gasteiger partial charge in [0.15, 0.2) is 5.69 Å². The number of rotatable bonds is 3. The van der Waals surface area contributed by atoms with Crippen LogP contribution in [0.2, 0.25) is 5.02 Å². The molecule has 2 saturated carbocycles. The Morgan fingerprint density at radius 2 is 2.15 bits per heavy atom. The van der Waals surface area contributed by atoms with E-state index in [2.05, 4.69) is 20.7 Å². The highest BCUT2D eigenvalue weighted by Gasteiger charge is 2.62. The van der Waals surface area contributed by atoms with Crippen LogP contribution in [0.3, 0.4) is 0 Å². The molecule has 7 nitrogen and oxygen atoms in total. The van der Waals surface area contributed by atoms with Crippen LogP contribution >= 0.6 is 11.6 Å². The van der Waals surface area contributed by atoms with E-state index in [1.54, 1.807) is 25.3 Å². The predicted octanol–water partition coefficient (Wildman–Crippen LogP) is 2.54. The van der Waals surface area contributed by atoms with E-state index < -0.39 is 5.60 Å². The van der Waals surface area contributed by atoms with E-state index in [1.165, 1.54) is 0 Å². The Bertz CT molecular complexity index is 1010. The van der Waals surface area contributed by atoms with E-state index in [-0.39, 0.29) is 29.5 Å².